The van der Waals surface area contributed by atoms with Crippen LogP contribution in [0.2, 0.25) is 0 Å². The average Bonchev–Trinajstić information content (AvgIpc) is 3.32. The van der Waals surface area contributed by atoms with Crippen molar-refractivity contribution in [2.45, 2.75) is 288 Å². The number of allylic oxidation sites excluding steroid dienone is 7. The largest absolute Gasteiger partial charge is 0.394 e. The zero-order chi connectivity index (χ0) is 48.1. The predicted molar refractivity (Wildman–Crippen MR) is 273 cm³/mol. The second kappa shape index (κ2) is 45.5. The lowest BCUT2D eigenvalue weighted by atomic mass is 9.99. The van der Waals surface area contributed by atoms with E-state index in [-0.39, 0.29) is 6.61 Å². The van der Waals surface area contributed by atoms with Crippen LogP contribution in [-0.2, 0) is 14.3 Å². The highest BCUT2D eigenvalue weighted by Crippen LogP contribution is 2.23. The number of amides is 1. The topological polar surface area (TPSA) is 169 Å². The maximum absolute atomic E-state index is 13.1. The summed E-state index contributed by atoms with van der Waals surface area (Å²) in [4.78, 5) is 13.1. The Bertz CT molecular complexity index is 1190. The summed E-state index contributed by atoms with van der Waals surface area (Å²) < 4.78 is 11.1. The van der Waals surface area contributed by atoms with E-state index in [0.29, 0.717) is 19.3 Å². The average molecular weight is 934 g/mol. The number of hydrogen-bond acceptors (Lipinski definition) is 9. The summed E-state index contributed by atoms with van der Waals surface area (Å²) in [7, 11) is 0. The third kappa shape index (κ3) is 34.4. The Morgan fingerprint density at radius 1 is 0.515 bits per heavy atom. The van der Waals surface area contributed by atoms with Crippen molar-refractivity contribution in [1.82, 2.24) is 5.32 Å². The number of ether oxygens (including phenoxy) is 2. The van der Waals surface area contributed by atoms with Gasteiger partial charge in [-0.25, -0.2) is 0 Å². The van der Waals surface area contributed by atoms with Crippen molar-refractivity contribution in [2.75, 3.05) is 13.2 Å². The molecule has 1 rings (SSSR count). The predicted octanol–water partition coefficient (Wildman–Crippen LogP) is 11.9. The Labute approximate surface area is 404 Å². The van der Waals surface area contributed by atoms with Crippen molar-refractivity contribution in [3.63, 3.8) is 0 Å². The van der Waals surface area contributed by atoms with Crippen LogP contribution in [0.4, 0.5) is 0 Å². The van der Waals surface area contributed by atoms with Gasteiger partial charge in [-0.05, 0) is 70.6 Å². The number of hydrogen-bond donors (Lipinski definition) is 7. The molecule has 0 radical (unpaired) electrons. The van der Waals surface area contributed by atoms with Crippen LogP contribution in [0.3, 0.4) is 0 Å². The molecule has 1 heterocycles. The number of nitrogens with one attached hydrogen (secondary N) is 1. The van der Waals surface area contributed by atoms with Crippen molar-refractivity contribution in [3.8, 4) is 0 Å². The van der Waals surface area contributed by atoms with Gasteiger partial charge >= 0.3 is 0 Å². The molecule has 1 saturated heterocycles. The molecule has 0 aromatic heterocycles. The molecule has 386 valence electrons. The fourth-order valence-electron chi connectivity index (χ4n) is 8.48. The number of unbranched alkanes of at least 4 members (excludes halogenated alkanes) is 29. The van der Waals surface area contributed by atoms with Gasteiger partial charge in [-0.3, -0.25) is 4.79 Å². The van der Waals surface area contributed by atoms with E-state index in [0.717, 1.165) is 44.9 Å². The van der Waals surface area contributed by atoms with Crippen LogP contribution in [0.15, 0.2) is 48.6 Å². The van der Waals surface area contributed by atoms with Crippen molar-refractivity contribution in [2.24, 2.45) is 0 Å². The lowest BCUT2D eigenvalue weighted by molar-refractivity contribution is -0.302. The molecule has 7 N–H and O–H groups in total. The molecular formula is C56H103NO9. The van der Waals surface area contributed by atoms with E-state index < -0.39 is 61.5 Å². The van der Waals surface area contributed by atoms with Gasteiger partial charge in [0.25, 0.3) is 0 Å². The third-order valence-electron chi connectivity index (χ3n) is 13.0. The zero-order valence-electron chi connectivity index (χ0n) is 42.3. The molecule has 1 aliphatic rings. The minimum atomic E-state index is -1.62. The Morgan fingerprint density at radius 2 is 0.894 bits per heavy atom. The molecular weight excluding hydrogens is 831 g/mol. The van der Waals surface area contributed by atoms with Gasteiger partial charge in [-0.15, -0.1) is 0 Å². The summed E-state index contributed by atoms with van der Waals surface area (Å²) in [6.07, 6.45) is 49.3. The quantitative estimate of drug-likeness (QED) is 0.0232. The minimum Gasteiger partial charge on any atom is -0.394 e. The van der Waals surface area contributed by atoms with E-state index in [1.165, 1.54) is 161 Å². The van der Waals surface area contributed by atoms with Crippen molar-refractivity contribution in [1.29, 1.82) is 0 Å². The molecule has 0 aromatic rings. The fraction of sp³-hybridized carbons (Fsp3) is 0.839. The van der Waals surface area contributed by atoms with Crippen LogP contribution in [0.1, 0.15) is 239 Å². The van der Waals surface area contributed by atoms with Crippen LogP contribution in [-0.4, -0.2) is 98.7 Å². The number of carbonyl (C=O) groups excluding carboxylic acids is 1. The number of rotatable bonds is 46. The molecule has 0 saturated carbocycles. The lowest BCUT2D eigenvalue weighted by Gasteiger charge is -2.40. The van der Waals surface area contributed by atoms with Gasteiger partial charge in [0.1, 0.15) is 30.5 Å². The lowest BCUT2D eigenvalue weighted by Crippen LogP contribution is -2.60. The maximum atomic E-state index is 13.1. The Hall–Kier alpha value is -1.89. The smallest absolute Gasteiger partial charge is 0.249 e. The molecule has 1 aliphatic heterocycles. The second-order valence-corrected chi connectivity index (χ2v) is 19.1. The fourth-order valence-corrected chi connectivity index (χ4v) is 8.48. The summed E-state index contributed by atoms with van der Waals surface area (Å²) in [5.74, 6) is -0.631. The second-order valence-electron chi connectivity index (χ2n) is 19.1. The minimum absolute atomic E-state index is 0.299. The summed E-state index contributed by atoms with van der Waals surface area (Å²) in [6, 6.07) is -1.00. The van der Waals surface area contributed by atoms with Crippen LogP contribution < -0.4 is 5.32 Å². The van der Waals surface area contributed by atoms with Gasteiger partial charge in [0, 0.05) is 0 Å². The van der Waals surface area contributed by atoms with Gasteiger partial charge in [-0.2, -0.15) is 0 Å². The molecule has 0 bridgehead atoms. The van der Waals surface area contributed by atoms with E-state index in [4.69, 9.17) is 9.47 Å². The summed E-state index contributed by atoms with van der Waals surface area (Å²) >= 11 is 0. The first-order valence-corrected chi connectivity index (χ1v) is 27.5. The normalized spacial score (nSPS) is 20.6. The molecule has 0 aliphatic carbocycles. The molecule has 1 fully saturated rings. The molecule has 0 aromatic carbocycles. The van der Waals surface area contributed by atoms with Crippen molar-refractivity contribution < 1.29 is 44.9 Å². The van der Waals surface area contributed by atoms with Gasteiger partial charge in [0.05, 0.1) is 25.4 Å². The Kier molecular flexibility index (Phi) is 42.9. The highest BCUT2D eigenvalue weighted by atomic mass is 16.7. The van der Waals surface area contributed by atoms with E-state index in [2.05, 4.69) is 55.6 Å². The van der Waals surface area contributed by atoms with Crippen LogP contribution in [0.5, 0.6) is 0 Å². The van der Waals surface area contributed by atoms with E-state index in [1.807, 2.05) is 6.08 Å². The first kappa shape index (κ1) is 62.1. The number of aliphatic hydroxyl groups is 6. The van der Waals surface area contributed by atoms with Crippen LogP contribution in [0.25, 0.3) is 0 Å². The monoisotopic (exact) mass is 934 g/mol. The summed E-state index contributed by atoms with van der Waals surface area (Å²) in [5.41, 5.74) is 0. The van der Waals surface area contributed by atoms with Crippen LogP contribution in [0, 0.1) is 0 Å². The summed E-state index contributed by atoms with van der Waals surface area (Å²) in [5, 5.41) is 64.9. The van der Waals surface area contributed by atoms with Crippen LogP contribution >= 0.6 is 0 Å². The van der Waals surface area contributed by atoms with Crippen molar-refractivity contribution in [3.05, 3.63) is 48.6 Å². The highest BCUT2D eigenvalue weighted by molar-refractivity contribution is 5.80. The van der Waals surface area contributed by atoms with Gasteiger partial charge in [0.15, 0.2) is 6.29 Å². The van der Waals surface area contributed by atoms with E-state index in [9.17, 15) is 35.4 Å². The van der Waals surface area contributed by atoms with E-state index in [1.54, 1.807) is 6.08 Å². The SMILES string of the molecule is CCCCCCC/C=C/CC/C=C/CC/C=C/C(O)C(COC1OC(CO)C(O)C(O)C1O)NC(=O)C(O)CCCCCCCCCCCC/C=C\CCCCCCCCCCCCCC. The molecule has 8 unspecified atom stereocenters. The standard InChI is InChI=1S/C56H103NO9/c1-3-5-7-9-11-13-15-17-19-20-21-22-23-24-25-26-27-28-29-31-33-35-37-39-41-43-45-50(60)55(64)57-48(47-65-56-54(63)53(62)52(61)51(46-58)66-56)49(59)44-42-40-38-36-34-32-30-18-16-14-12-10-8-6-4-2/h16,18,24-25,34,36,42,44,48-54,56,58-63H,3-15,17,19-23,26-33,35,37-41,43,45-47H2,1-2H3,(H,57,64)/b18-16+,25-24-,36-34+,44-42+. The molecule has 66 heavy (non-hydrogen) atoms. The number of carbonyl (C=O) groups is 1. The third-order valence-corrected chi connectivity index (χ3v) is 13.0. The highest BCUT2D eigenvalue weighted by Gasteiger charge is 2.44. The van der Waals surface area contributed by atoms with Gasteiger partial charge in [-0.1, -0.05) is 217 Å². The number of aliphatic hydroxyl groups excluding tert-OH is 6. The molecule has 8 atom stereocenters. The first-order valence-electron chi connectivity index (χ1n) is 27.5. The summed E-state index contributed by atoms with van der Waals surface area (Å²) in [6.45, 7) is 3.59. The Morgan fingerprint density at radius 3 is 1.32 bits per heavy atom. The van der Waals surface area contributed by atoms with Gasteiger partial charge < -0.3 is 45.4 Å². The molecule has 0 spiro atoms. The molecule has 10 nitrogen and oxygen atoms in total. The Balaban J connectivity index is 2.28. The maximum Gasteiger partial charge on any atom is 0.249 e. The van der Waals surface area contributed by atoms with Crippen molar-refractivity contribution >= 4 is 5.91 Å². The zero-order valence-corrected chi connectivity index (χ0v) is 42.3. The first-order chi connectivity index (χ1) is 32.3. The van der Waals surface area contributed by atoms with E-state index >= 15 is 0 Å². The van der Waals surface area contributed by atoms with Gasteiger partial charge in [0.2, 0.25) is 5.91 Å². The molecule has 10 heteroatoms. The molecule has 1 amide bonds.